The van der Waals surface area contributed by atoms with Crippen molar-refractivity contribution in [2.45, 2.75) is 25.9 Å². The molecular formula is C14H19NO3. The molecule has 0 saturated carbocycles. The highest BCUT2D eigenvalue weighted by Crippen LogP contribution is 2.13. The van der Waals surface area contributed by atoms with Crippen molar-refractivity contribution in [3.05, 3.63) is 24.0 Å². The summed E-state index contributed by atoms with van der Waals surface area (Å²) in [6.45, 7) is 2.73. The van der Waals surface area contributed by atoms with Gasteiger partial charge in [-0.25, -0.2) is 0 Å². The highest BCUT2D eigenvalue weighted by Gasteiger charge is 2.04. The Labute approximate surface area is 108 Å². The first kappa shape index (κ1) is 14.5. The second-order valence-electron chi connectivity index (χ2n) is 3.89. The van der Waals surface area contributed by atoms with Crippen molar-refractivity contribution in [3.8, 4) is 17.6 Å². The highest BCUT2D eigenvalue weighted by molar-refractivity contribution is 5.36. The molecule has 0 fully saturated rings. The number of aliphatic hydroxyl groups is 1. The zero-order valence-electron chi connectivity index (χ0n) is 10.8. The molecule has 18 heavy (non-hydrogen) atoms. The summed E-state index contributed by atoms with van der Waals surface area (Å²) >= 11 is 0. The zero-order chi connectivity index (χ0) is 13.2. The summed E-state index contributed by atoms with van der Waals surface area (Å²) in [4.78, 5) is 4.08. The maximum atomic E-state index is 8.65. The topological polar surface area (TPSA) is 51.6 Å². The Kier molecular flexibility index (Phi) is 6.85. The van der Waals surface area contributed by atoms with Crippen molar-refractivity contribution in [2.75, 3.05) is 20.3 Å². The minimum absolute atomic E-state index is 0.0741. The van der Waals surface area contributed by atoms with E-state index in [1.54, 1.807) is 19.5 Å². The van der Waals surface area contributed by atoms with Gasteiger partial charge in [-0.1, -0.05) is 11.8 Å². The van der Waals surface area contributed by atoms with E-state index in [1.165, 1.54) is 0 Å². The fourth-order valence-corrected chi connectivity index (χ4v) is 1.35. The molecule has 0 aliphatic heterocycles. The van der Waals surface area contributed by atoms with E-state index in [1.807, 2.05) is 13.0 Å². The normalized spacial score (nSPS) is 11.5. The van der Waals surface area contributed by atoms with E-state index in [4.69, 9.17) is 14.6 Å². The van der Waals surface area contributed by atoms with Crippen LogP contribution in [0.1, 0.15) is 25.3 Å². The van der Waals surface area contributed by atoms with Crippen molar-refractivity contribution >= 4 is 0 Å². The number of nitrogens with zero attached hydrogens (tertiary/aromatic N) is 1. The average molecular weight is 249 g/mol. The molecule has 1 aromatic heterocycles. The minimum Gasteiger partial charge on any atom is -0.489 e. The second-order valence-corrected chi connectivity index (χ2v) is 3.89. The summed E-state index contributed by atoms with van der Waals surface area (Å²) in [5.41, 5.74) is 0.792. The number of aliphatic hydroxyl groups excluding tert-OH is 1. The lowest BCUT2D eigenvalue weighted by Crippen LogP contribution is -2.14. The van der Waals surface area contributed by atoms with Gasteiger partial charge >= 0.3 is 0 Å². The van der Waals surface area contributed by atoms with E-state index in [0.29, 0.717) is 18.8 Å². The van der Waals surface area contributed by atoms with E-state index < -0.39 is 0 Å². The van der Waals surface area contributed by atoms with Crippen LogP contribution in [0, 0.1) is 11.8 Å². The van der Waals surface area contributed by atoms with Gasteiger partial charge in [-0.05, 0) is 13.0 Å². The number of pyridine rings is 1. The third-order valence-corrected chi connectivity index (χ3v) is 2.25. The lowest BCUT2D eigenvalue weighted by molar-refractivity contribution is 0.135. The third-order valence-electron chi connectivity index (χ3n) is 2.25. The Morgan fingerprint density at radius 1 is 1.44 bits per heavy atom. The van der Waals surface area contributed by atoms with Crippen molar-refractivity contribution in [1.29, 1.82) is 0 Å². The molecule has 0 bridgehead atoms. The lowest BCUT2D eigenvalue weighted by atomic mass is 10.2. The van der Waals surface area contributed by atoms with Gasteiger partial charge in [0.25, 0.3) is 0 Å². The molecule has 1 unspecified atom stereocenters. The van der Waals surface area contributed by atoms with Gasteiger partial charge in [0.2, 0.25) is 0 Å². The Morgan fingerprint density at radius 3 is 3.00 bits per heavy atom. The van der Waals surface area contributed by atoms with E-state index in [2.05, 4.69) is 16.8 Å². The molecule has 98 valence electrons. The van der Waals surface area contributed by atoms with E-state index in [9.17, 15) is 0 Å². The first-order valence-electron chi connectivity index (χ1n) is 5.96. The predicted molar refractivity (Wildman–Crippen MR) is 69.4 cm³/mol. The van der Waals surface area contributed by atoms with E-state index in [-0.39, 0.29) is 12.7 Å². The van der Waals surface area contributed by atoms with Crippen molar-refractivity contribution in [3.63, 3.8) is 0 Å². The molecule has 0 aliphatic carbocycles. The maximum Gasteiger partial charge on any atom is 0.139 e. The Balaban J connectivity index is 2.57. The molecule has 0 radical (unpaired) electrons. The van der Waals surface area contributed by atoms with Crippen LogP contribution in [0.25, 0.3) is 0 Å². The quantitative estimate of drug-likeness (QED) is 0.778. The largest absolute Gasteiger partial charge is 0.489 e. The first-order chi connectivity index (χ1) is 8.76. The number of methoxy groups -OCH3 is 1. The van der Waals surface area contributed by atoms with Crippen LogP contribution >= 0.6 is 0 Å². The SMILES string of the molecule is COCCC(C)Oc1cncc(C#CCCO)c1. The summed E-state index contributed by atoms with van der Waals surface area (Å²) in [7, 11) is 1.67. The summed E-state index contributed by atoms with van der Waals surface area (Å²) in [6.07, 6.45) is 4.72. The van der Waals surface area contributed by atoms with Gasteiger partial charge in [-0.15, -0.1) is 0 Å². The zero-order valence-corrected chi connectivity index (χ0v) is 10.8. The standard InChI is InChI=1S/C14H19NO3/c1-12(6-8-17-2)18-14-9-13(10-15-11-14)5-3-4-7-16/h9-12,16H,4,6-8H2,1-2H3. The van der Waals surface area contributed by atoms with Crippen LogP contribution < -0.4 is 4.74 Å². The maximum absolute atomic E-state index is 8.65. The molecule has 1 atom stereocenters. The average Bonchev–Trinajstić information content (AvgIpc) is 2.37. The van der Waals surface area contributed by atoms with Crippen molar-refractivity contribution in [1.82, 2.24) is 4.98 Å². The number of aromatic nitrogens is 1. The fraction of sp³-hybridized carbons (Fsp3) is 0.500. The van der Waals surface area contributed by atoms with Crippen LogP contribution in [0.15, 0.2) is 18.5 Å². The van der Waals surface area contributed by atoms with Crippen LogP contribution in [0.4, 0.5) is 0 Å². The Bertz CT molecular complexity index is 409. The van der Waals surface area contributed by atoms with E-state index in [0.717, 1.165) is 12.0 Å². The Morgan fingerprint density at radius 2 is 2.28 bits per heavy atom. The highest BCUT2D eigenvalue weighted by atomic mass is 16.5. The van der Waals surface area contributed by atoms with Crippen LogP contribution in [-0.4, -0.2) is 36.5 Å². The molecule has 1 aromatic rings. The van der Waals surface area contributed by atoms with Gasteiger partial charge in [0.1, 0.15) is 5.75 Å². The molecule has 1 N–H and O–H groups in total. The Hall–Kier alpha value is -1.57. The third kappa shape index (κ3) is 5.67. The van der Waals surface area contributed by atoms with Crippen molar-refractivity contribution < 1.29 is 14.6 Å². The summed E-state index contributed by atoms with van der Waals surface area (Å²) in [6, 6.07) is 1.85. The molecule has 0 spiro atoms. The molecule has 0 aromatic carbocycles. The first-order valence-corrected chi connectivity index (χ1v) is 5.96. The molecule has 1 rings (SSSR count). The summed E-state index contributed by atoms with van der Waals surface area (Å²) < 4.78 is 10.7. The monoisotopic (exact) mass is 249 g/mol. The smallest absolute Gasteiger partial charge is 0.139 e. The van der Waals surface area contributed by atoms with Crippen molar-refractivity contribution in [2.24, 2.45) is 0 Å². The van der Waals surface area contributed by atoms with Gasteiger partial charge in [-0.2, -0.15) is 0 Å². The van der Waals surface area contributed by atoms with Crippen LogP contribution in [-0.2, 0) is 4.74 Å². The number of rotatable bonds is 6. The summed E-state index contributed by atoms with van der Waals surface area (Å²) in [5.74, 6) is 6.48. The second kappa shape index (κ2) is 8.51. The van der Waals surface area contributed by atoms with Gasteiger partial charge in [0, 0.05) is 38.3 Å². The number of ether oxygens (including phenoxy) is 2. The van der Waals surface area contributed by atoms with Gasteiger partial charge in [0.05, 0.1) is 18.9 Å². The molecule has 4 heteroatoms. The lowest BCUT2D eigenvalue weighted by Gasteiger charge is -2.13. The van der Waals surface area contributed by atoms with Crippen LogP contribution in [0.2, 0.25) is 0 Å². The van der Waals surface area contributed by atoms with Gasteiger partial charge < -0.3 is 14.6 Å². The fourth-order valence-electron chi connectivity index (χ4n) is 1.35. The van der Waals surface area contributed by atoms with Crippen LogP contribution in [0.5, 0.6) is 5.75 Å². The number of hydrogen-bond donors (Lipinski definition) is 1. The molecule has 0 amide bonds. The molecule has 4 nitrogen and oxygen atoms in total. The van der Waals surface area contributed by atoms with Gasteiger partial charge in [-0.3, -0.25) is 4.98 Å². The molecule has 0 aliphatic rings. The predicted octanol–water partition coefficient (Wildman–Crippen LogP) is 1.62. The number of hydrogen-bond acceptors (Lipinski definition) is 4. The molecule has 0 saturated heterocycles. The van der Waals surface area contributed by atoms with E-state index >= 15 is 0 Å². The minimum atomic E-state index is 0.0741. The van der Waals surface area contributed by atoms with Gasteiger partial charge in [0.15, 0.2) is 0 Å². The molecular weight excluding hydrogens is 230 g/mol. The summed E-state index contributed by atoms with van der Waals surface area (Å²) in [5, 5.41) is 8.65. The molecule has 1 heterocycles. The van der Waals surface area contributed by atoms with Crippen LogP contribution in [0.3, 0.4) is 0 Å².